The Morgan fingerprint density at radius 3 is 2.88 bits per heavy atom. The molecule has 0 radical (unpaired) electrons. The van der Waals surface area contributed by atoms with E-state index in [1.165, 1.54) is 27.6 Å². The predicted octanol–water partition coefficient (Wildman–Crippen LogP) is 3.03. The summed E-state index contributed by atoms with van der Waals surface area (Å²) >= 11 is 0. The number of nitrogens with zero attached hydrogens (tertiary/aromatic N) is 2. The first-order valence-electron chi connectivity index (χ1n) is 9.66. The second-order valence-electron chi connectivity index (χ2n) is 7.98. The first-order chi connectivity index (χ1) is 12.5. The summed E-state index contributed by atoms with van der Waals surface area (Å²) in [5.41, 5.74) is 5.26. The molecule has 2 aromatic rings. The average molecular weight is 352 g/mol. The van der Waals surface area contributed by atoms with Crippen LogP contribution in [-0.2, 0) is 18.3 Å². The Labute approximate surface area is 155 Å². The number of hydrogen-bond donors (Lipinski definition) is 1. The van der Waals surface area contributed by atoms with Crippen LogP contribution in [0, 0.1) is 11.8 Å². The van der Waals surface area contributed by atoms with Gasteiger partial charge >= 0.3 is 0 Å². The smallest absolute Gasteiger partial charge is 0.141 e. The van der Waals surface area contributed by atoms with Crippen LogP contribution in [0.15, 0.2) is 30.5 Å². The van der Waals surface area contributed by atoms with Crippen LogP contribution in [0.5, 0.6) is 0 Å². The molecule has 0 bridgehead atoms. The van der Waals surface area contributed by atoms with Crippen LogP contribution in [0.4, 0.5) is 0 Å². The van der Waals surface area contributed by atoms with Gasteiger partial charge in [-0.25, -0.2) is 0 Å². The minimum absolute atomic E-state index is 0.0765. The highest BCUT2D eigenvalue weighted by molar-refractivity contribution is 5.99. The number of carbonyl (C=O) groups excluding carboxylic acids is 1. The molecule has 1 aromatic carbocycles. The highest BCUT2D eigenvalue weighted by Crippen LogP contribution is 2.41. The van der Waals surface area contributed by atoms with Crippen molar-refractivity contribution in [2.75, 3.05) is 20.2 Å². The van der Waals surface area contributed by atoms with Crippen molar-refractivity contribution in [3.63, 3.8) is 0 Å². The number of ketones is 1. The molecule has 1 unspecified atom stereocenters. The van der Waals surface area contributed by atoms with E-state index < -0.39 is 0 Å². The Balaban J connectivity index is 1.74. The van der Waals surface area contributed by atoms with Crippen molar-refractivity contribution < 1.29 is 9.90 Å². The number of benzene rings is 1. The molecular weight excluding hydrogens is 324 g/mol. The molecular formula is C22H28N2O2. The van der Waals surface area contributed by atoms with Crippen LogP contribution in [0.25, 0.3) is 16.5 Å². The maximum Gasteiger partial charge on any atom is 0.141 e. The Bertz CT molecular complexity index is 876. The lowest BCUT2D eigenvalue weighted by Gasteiger charge is -2.39. The van der Waals surface area contributed by atoms with Crippen molar-refractivity contribution in [1.82, 2.24) is 9.47 Å². The number of aromatic nitrogens is 1. The minimum Gasteiger partial charge on any atom is -0.396 e. The zero-order valence-electron chi connectivity index (χ0n) is 15.9. The van der Waals surface area contributed by atoms with Gasteiger partial charge in [0.05, 0.1) is 0 Å². The van der Waals surface area contributed by atoms with Crippen molar-refractivity contribution >= 4 is 22.3 Å². The van der Waals surface area contributed by atoms with Crippen LogP contribution < -0.4 is 0 Å². The standard InChI is InChI=1S/C22H28N2O2/c1-4-14(13-25)8-21(26)15-9-18-17-6-5-7-19-22(17)16(12-23(19)2)10-20(18)24(3)11-15/h5-7,9,12,14-15,20,25H,4,8,10-11,13H2,1-3H3/t14-,15-,20?/m1/s1. The van der Waals surface area contributed by atoms with E-state index in [0.29, 0.717) is 12.5 Å². The van der Waals surface area contributed by atoms with Gasteiger partial charge in [-0.05, 0) is 42.2 Å². The zero-order chi connectivity index (χ0) is 18.4. The number of hydrogen-bond acceptors (Lipinski definition) is 3. The third-order valence-corrected chi connectivity index (χ3v) is 6.31. The number of aryl methyl sites for hydroxylation is 1. The molecule has 1 aliphatic heterocycles. The summed E-state index contributed by atoms with van der Waals surface area (Å²) in [4.78, 5) is 15.2. The largest absolute Gasteiger partial charge is 0.396 e. The highest BCUT2D eigenvalue weighted by Gasteiger charge is 2.36. The molecule has 1 aliphatic carbocycles. The molecule has 1 aromatic heterocycles. The molecule has 0 saturated carbocycles. The van der Waals surface area contributed by atoms with E-state index in [2.05, 4.69) is 54.0 Å². The first kappa shape index (κ1) is 17.5. The number of fused-ring (bicyclic) bond motifs is 2. The van der Waals surface area contributed by atoms with Gasteiger partial charge in [-0.2, -0.15) is 0 Å². The number of likely N-dealkylation sites (N-methyl/N-ethyl adjacent to an activating group) is 1. The second-order valence-corrected chi connectivity index (χ2v) is 7.98. The normalized spacial score (nSPS) is 23.6. The molecule has 0 spiro atoms. The van der Waals surface area contributed by atoms with Crippen LogP contribution in [-0.4, -0.2) is 46.6 Å². The number of rotatable bonds is 5. The van der Waals surface area contributed by atoms with E-state index in [0.717, 1.165) is 19.4 Å². The van der Waals surface area contributed by atoms with E-state index in [-0.39, 0.29) is 24.2 Å². The van der Waals surface area contributed by atoms with E-state index in [9.17, 15) is 9.90 Å². The molecule has 3 atom stereocenters. The Kier molecular flexibility index (Phi) is 4.49. The monoisotopic (exact) mass is 352 g/mol. The van der Waals surface area contributed by atoms with Crippen LogP contribution >= 0.6 is 0 Å². The zero-order valence-corrected chi connectivity index (χ0v) is 15.9. The fourth-order valence-electron chi connectivity index (χ4n) is 4.70. The lowest BCUT2D eigenvalue weighted by atomic mass is 9.78. The summed E-state index contributed by atoms with van der Waals surface area (Å²) in [7, 11) is 4.24. The SMILES string of the molecule is CC[C@@H](CO)CC(=O)[C@@H]1C=C2c3cccc4c3c(cn4C)CC2N(C)C1. The van der Waals surface area contributed by atoms with Gasteiger partial charge in [0.25, 0.3) is 0 Å². The minimum atomic E-state index is -0.0765. The van der Waals surface area contributed by atoms with Crippen molar-refractivity contribution in [2.24, 2.45) is 18.9 Å². The first-order valence-corrected chi connectivity index (χ1v) is 9.66. The summed E-state index contributed by atoms with van der Waals surface area (Å²) in [6, 6.07) is 6.84. The molecule has 2 heterocycles. The predicted molar refractivity (Wildman–Crippen MR) is 105 cm³/mol. The summed E-state index contributed by atoms with van der Waals surface area (Å²) < 4.78 is 2.21. The number of carbonyl (C=O) groups is 1. The molecule has 1 N–H and O–H groups in total. The van der Waals surface area contributed by atoms with E-state index in [1.54, 1.807) is 0 Å². The van der Waals surface area contributed by atoms with Gasteiger partial charge in [-0.1, -0.05) is 31.6 Å². The van der Waals surface area contributed by atoms with Crippen molar-refractivity contribution in [1.29, 1.82) is 0 Å². The molecule has 4 heteroatoms. The molecule has 0 fully saturated rings. The van der Waals surface area contributed by atoms with Gasteiger partial charge in [-0.3, -0.25) is 9.69 Å². The van der Waals surface area contributed by atoms with E-state index >= 15 is 0 Å². The van der Waals surface area contributed by atoms with Gasteiger partial charge < -0.3 is 9.67 Å². The van der Waals surface area contributed by atoms with Gasteiger partial charge in [0, 0.05) is 55.7 Å². The molecule has 26 heavy (non-hydrogen) atoms. The molecule has 0 amide bonds. The number of Topliss-reactive ketones (excluding diaryl/α,β-unsaturated/α-hetero) is 1. The Morgan fingerprint density at radius 1 is 1.35 bits per heavy atom. The molecule has 138 valence electrons. The van der Waals surface area contributed by atoms with Crippen LogP contribution in [0.1, 0.15) is 30.9 Å². The lowest BCUT2D eigenvalue weighted by molar-refractivity contribution is -0.123. The fourth-order valence-corrected chi connectivity index (χ4v) is 4.70. The average Bonchev–Trinajstić information content (AvgIpc) is 2.97. The highest BCUT2D eigenvalue weighted by atomic mass is 16.3. The van der Waals surface area contributed by atoms with Crippen LogP contribution in [0.2, 0.25) is 0 Å². The second kappa shape index (κ2) is 6.67. The van der Waals surface area contributed by atoms with E-state index in [1.807, 2.05) is 6.92 Å². The van der Waals surface area contributed by atoms with Gasteiger partial charge in [0.2, 0.25) is 0 Å². The summed E-state index contributed by atoms with van der Waals surface area (Å²) in [6.45, 7) is 2.90. The third kappa shape index (κ3) is 2.72. The van der Waals surface area contributed by atoms with Gasteiger partial charge in [0.15, 0.2) is 0 Å². The van der Waals surface area contributed by atoms with Crippen molar-refractivity contribution in [2.45, 2.75) is 32.2 Å². The Morgan fingerprint density at radius 2 is 2.15 bits per heavy atom. The molecule has 4 nitrogen and oxygen atoms in total. The maximum absolute atomic E-state index is 12.9. The van der Waals surface area contributed by atoms with Gasteiger partial charge in [-0.15, -0.1) is 0 Å². The van der Waals surface area contributed by atoms with Crippen molar-refractivity contribution in [3.8, 4) is 0 Å². The topological polar surface area (TPSA) is 45.5 Å². The quantitative estimate of drug-likeness (QED) is 0.900. The Hall–Kier alpha value is -1.91. The third-order valence-electron chi connectivity index (χ3n) is 6.31. The van der Waals surface area contributed by atoms with Crippen LogP contribution in [0.3, 0.4) is 0 Å². The summed E-state index contributed by atoms with van der Waals surface area (Å²) in [5, 5.41) is 10.8. The molecule has 2 aliphatic rings. The molecule has 4 rings (SSSR count). The summed E-state index contributed by atoms with van der Waals surface area (Å²) in [5.74, 6) is 0.265. The number of aliphatic hydroxyl groups excluding tert-OH is 1. The summed E-state index contributed by atoms with van der Waals surface area (Å²) in [6.07, 6.45) is 6.80. The lowest BCUT2D eigenvalue weighted by Crippen LogP contribution is -2.44. The fraction of sp³-hybridized carbons (Fsp3) is 0.500. The maximum atomic E-state index is 12.9. The molecule has 0 saturated heterocycles. The van der Waals surface area contributed by atoms with Gasteiger partial charge in [0.1, 0.15) is 5.78 Å². The van der Waals surface area contributed by atoms with E-state index in [4.69, 9.17) is 0 Å². The van der Waals surface area contributed by atoms with Crippen molar-refractivity contribution in [3.05, 3.63) is 41.6 Å². The number of aliphatic hydroxyl groups is 1.